The first-order valence-corrected chi connectivity index (χ1v) is 6.96. The zero-order valence-electron chi connectivity index (χ0n) is 11.1. The maximum atomic E-state index is 6.14. The zero-order chi connectivity index (χ0) is 13.7. The monoisotopic (exact) mass is 289 g/mol. The predicted octanol–water partition coefficient (Wildman–Crippen LogP) is 3.72. The van der Waals surface area contributed by atoms with Gasteiger partial charge in [0.05, 0.1) is 15.7 Å². The van der Waals surface area contributed by atoms with Crippen LogP contribution in [0.5, 0.6) is 0 Å². The van der Waals surface area contributed by atoms with Crippen molar-refractivity contribution in [3.63, 3.8) is 0 Å². The minimum atomic E-state index is 0.267. The molecule has 0 aliphatic rings. The molecular weight excluding hydrogens is 269 g/mol. The van der Waals surface area contributed by atoms with Crippen LogP contribution in [0.25, 0.3) is 0 Å². The largest absolute Gasteiger partial charge is 0.399 e. The Morgan fingerprint density at radius 2 is 1.72 bits per heavy atom. The molecule has 102 valence electrons. The van der Waals surface area contributed by atoms with E-state index in [1.165, 1.54) is 0 Å². The molecule has 5 heteroatoms. The van der Waals surface area contributed by atoms with Crippen molar-refractivity contribution >= 4 is 34.6 Å². The van der Waals surface area contributed by atoms with Gasteiger partial charge in [-0.3, -0.25) is 0 Å². The van der Waals surface area contributed by atoms with E-state index in [9.17, 15) is 0 Å². The van der Waals surface area contributed by atoms with Gasteiger partial charge in [-0.25, -0.2) is 0 Å². The molecule has 0 aliphatic heterocycles. The summed E-state index contributed by atoms with van der Waals surface area (Å²) in [5.41, 5.74) is 7.01. The molecule has 0 bridgehead atoms. The molecule has 0 saturated carbocycles. The van der Waals surface area contributed by atoms with E-state index in [1.807, 2.05) is 0 Å². The van der Waals surface area contributed by atoms with E-state index in [4.69, 9.17) is 28.9 Å². The van der Waals surface area contributed by atoms with Crippen LogP contribution in [0.4, 0.5) is 11.4 Å². The Bertz CT molecular complexity index is 369. The number of anilines is 2. The summed E-state index contributed by atoms with van der Waals surface area (Å²) in [6, 6.07) is 3.68. The highest BCUT2D eigenvalue weighted by molar-refractivity contribution is 6.39. The maximum absolute atomic E-state index is 6.14. The molecule has 1 rings (SSSR count). The third-order valence-corrected chi connectivity index (χ3v) is 3.48. The van der Waals surface area contributed by atoms with Crippen molar-refractivity contribution < 1.29 is 0 Å². The van der Waals surface area contributed by atoms with Crippen LogP contribution in [-0.4, -0.2) is 30.6 Å². The van der Waals surface area contributed by atoms with Crippen molar-refractivity contribution in [2.45, 2.75) is 26.8 Å². The summed E-state index contributed by atoms with van der Waals surface area (Å²) in [4.78, 5) is 2.34. The number of nitrogen functional groups attached to an aromatic ring is 1. The summed E-state index contributed by atoms with van der Waals surface area (Å²) in [5.74, 6) is 0. The maximum Gasteiger partial charge on any atom is 0.0723 e. The van der Waals surface area contributed by atoms with Crippen LogP contribution in [0.3, 0.4) is 0 Å². The minimum Gasteiger partial charge on any atom is -0.399 e. The highest BCUT2D eigenvalue weighted by Crippen LogP contribution is 2.33. The topological polar surface area (TPSA) is 41.3 Å². The Morgan fingerprint density at radius 3 is 2.17 bits per heavy atom. The number of rotatable bonds is 6. The molecule has 0 heterocycles. The standard InChI is InChI=1S/C13H21Cl2N3/c1-4-18(5-2)8-9(3)17-13-11(14)6-10(16)7-12(13)15/h6-7,9,17H,4-5,8,16H2,1-3H3. The van der Waals surface area contributed by atoms with Crippen LogP contribution >= 0.6 is 23.2 Å². The van der Waals surface area contributed by atoms with E-state index in [2.05, 4.69) is 31.0 Å². The van der Waals surface area contributed by atoms with Crippen LogP contribution in [0.15, 0.2) is 12.1 Å². The van der Waals surface area contributed by atoms with Crippen LogP contribution < -0.4 is 11.1 Å². The Labute approximate surface area is 119 Å². The average molecular weight is 290 g/mol. The van der Waals surface area contributed by atoms with Crippen molar-refractivity contribution in [3.05, 3.63) is 22.2 Å². The van der Waals surface area contributed by atoms with Gasteiger partial charge in [0.2, 0.25) is 0 Å². The molecule has 1 unspecified atom stereocenters. The quantitative estimate of drug-likeness (QED) is 0.785. The molecule has 1 atom stereocenters. The normalized spacial score (nSPS) is 12.8. The van der Waals surface area contributed by atoms with Gasteiger partial charge in [-0.05, 0) is 32.1 Å². The Morgan fingerprint density at radius 1 is 1.22 bits per heavy atom. The van der Waals surface area contributed by atoms with Gasteiger partial charge in [0.1, 0.15) is 0 Å². The van der Waals surface area contributed by atoms with Gasteiger partial charge < -0.3 is 16.0 Å². The van der Waals surface area contributed by atoms with Crippen LogP contribution in [0.2, 0.25) is 10.0 Å². The fourth-order valence-corrected chi connectivity index (χ4v) is 2.50. The van der Waals surface area contributed by atoms with E-state index in [1.54, 1.807) is 12.1 Å². The summed E-state index contributed by atoms with van der Waals surface area (Å²) in [7, 11) is 0. The lowest BCUT2D eigenvalue weighted by molar-refractivity contribution is 0.295. The van der Waals surface area contributed by atoms with Gasteiger partial charge >= 0.3 is 0 Å². The summed E-state index contributed by atoms with van der Waals surface area (Å²) in [6.07, 6.45) is 0. The molecule has 1 aromatic carbocycles. The second-order valence-electron chi connectivity index (χ2n) is 4.39. The highest BCUT2D eigenvalue weighted by Gasteiger charge is 2.12. The van der Waals surface area contributed by atoms with Crippen LogP contribution in [0.1, 0.15) is 20.8 Å². The van der Waals surface area contributed by atoms with Crippen LogP contribution in [0, 0.1) is 0 Å². The first-order valence-electron chi connectivity index (χ1n) is 6.21. The smallest absolute Gasteiger partial charge is 0.0723 e. The number of likely N-dealkylation sites (N-methyl/N-ethyl adjacent to an activating group) is 1. The van der Waals surface area contributed by atoms with Crippen molar-refractivity contribution in [2.24, 2.45) is 0 Å². The summed E-state index contributed by atoms with van der Waals surface area (Å²) in [6.45, 7) is 9.43. The number of hydrogen-bond donors (Lipinski definition) is 2. The first-order chi connectivity index (χ1) is 8.47. The van der Waals surface area contributed by atoms with Gasteiger partial charge in [0.15, 0.2) is 0 Å². The van der Waals surface area contributed by atoms with E-state index in [0.29, 0.717) is 15.7 Å². The summed E-state index contributed by atoms with van der Waals surface area (Å²) in [5, 5.41) is 4.47. The summed E-state index contributed by atoms with van der Waals surface area (Å²) >= 11 is 12.3. The molecule has 0 aliphatic carbocycles. The fraction of sp³-hybridized carbons (Fsp3) is 0.538. The predicted molar refractivity (Wildman–Crippen MR) is 81.7 cm³/mol. The van der Waals surface area contributed by atoms with Crippen molar-refractivity contribution in [1.82, 2.24) is 4.90 Å². The molecule has 0 radical (unpaired) electrons. The molecule has 0 fully saturated rings. The first kappa shape index (κ1) is 15.4. The van der Waals surface area contributed by atoms with E-state index < -0.39 is 0 Å². The number of halogens is 2. The molecular formula is C13H21Cl2N3. The fourth-order valence-electron chi connectivity index (χ4n) is 1.89. The minimum absolute atomic E-state index is 0.267. The third-order valence-electron chi connectivity index (χ3n) is 2.88. The van der Waals surface area contributed by atoms with Crippen molar-refractivity contribution in [2.75, 3.05) is 30.7 Å². The zero-order valence-corrected chi connectivity index (χ0v) is 12.6. The van der Waals surface area contributed by atoms with Gasteiger partial charge in [0.25, 0.3) is 0 Å². The molecule has 0 spiro atoms. The highest BCUT2D eigenvalue weighted by atomic mass is 35.5. The Hall–Kier alpha value is -0.640. The van der Waals surface area contributed by atoms with E-state index in [0.717, 1.165) is 25.3 Å². The summed E-state index contributed by atoms with van der Waals surface area (Å²) < 4.78 is 0. The average Bonchev–Trinajstić information content (AvgIpc) is 2.30. The molecule has 0 aromatic heterocycles. The molecule has 3 N–H and O–H groups in total. The van der Waals surface area contributed by atoms with Gasteiger partial charge in [0, 0.05) is 18.3 Å². The van der Waals surface area contributed by atoms with Gasteiger partial charge in [-0.15, -0.1) is 0 Å². The number of nitrogens with zero attached hydrogens (tertiary/aromatic N) is 1. The lowest BCUT2D eigenvalue weighted by atomic mass is 10.2. The molecule has 1 aromatic rings. The molecule has 0 amide bonds. The lowest BCUT2D eigenvalue weighted by Gasteiger charge is -2.25. The van der Waals surface area contributed by atoms with Crippen molar-refractivity contribution in [3.8, 4) is 0 Å². The van der Waals surface area contributed by atoms with Gasteiger partial charge in [-0.2, -0.15) is 0 Å². The molecule has 0 saturated heterocycles. The Kier molecular flexibility index (Phi) is 6.06. The number of benzene rings is 1. The van der Waals surface area contributed by atoms with Crippen LogP contribution in [-0.2, 0) is 0 Å². The molecule has 18 heavy (non-hydrogen) atoms. The van der Waals surface area contributed by atoms with Gasteiger partial charge in [-0.1, -0.05) is 37.0 Å². The number of nitrogens with one attached hydrogen (secondary N) is 1. The third kappa shape index (κ3) is 4.23. The molecule has 3 nitrogen and oxygen atoms in total. The van der Waals surface area contributed by atoms with E-state index in [-0.39, 0.29) is 6.04 Å². The number of hydrogen-bond acceptors (Lipinski definition) is 3. The second kappa shape index (κ2) is 7.07. The van der Waals surface area contributed by atoms with Crippen molar-refractivity contribution in [1.29, 1.82) is 0 Å². The lowest BCUT2D eigenvalue weighted by Crippen LogP contribution is -2.34. The second-order valence-corrected chi connectivity index (χ2v) is 5.21. The van der Waals surface area contributed by atoms with E-state index >= 15 is 0 Å². The SMILES string of the molecule is CCN(CC)CC(C)Nc1c(Cl)cc(N)cc1Cl. The Balaban J connectivity index is 2.73. The number of nitrogens with two attached hydrogens (primary N) is 1.